The molecule has 3 rings (SSSR count). The molecule has 0 spiro atoms. The van der Waals surface area contributed by atoms with Crippen LogP contribution in [0.15, 0.2) is 48.5 Å². The molecule has 8 heteroatoms. The molecule has 1 aliphatic heterocycles. The molecule has 0 radical (unpaired) electrons. The summed E-state index contributed by atoms with van der Waals surface area (Å²) in [6.07, 6.45) is -4.47. The van der Waals surface area contributed by atoms with E-state index in [1.54, 1.807) is 24.3 Å². The number of nitrogens with zero attached hydrogens (tertiary/aromatic N) is 1. The second kappa shape index (κ2) is 7.30. The van der Waals surface area contributed by atoms with E-state index in [0.717, 1.165) is 24.3 Å². The van der Waals surface area contributed by atoms with Crippen LogP contribution in [0.5, 0.6) is 5.75 Å². The highest BCUT2D eigenvalue weighted by molar-refractivity contribution is 5.98. The molecule has 1 N–H and O–H groups in total. The largest absolute Gasteiger partial charge is 0.497 e. The maximum atomic E-state index is 12.9. The van der Waals surface area contributed by atoms with E-state index in [9.17, 15) is 22.8 Å². The van der Waals surface area contributed by atoms with Crippen molar-refractivity contribution in [3.05, 3.63) is 65.2 Å². The van der Waals surface area contributed by atoms with Gasteiger partial charge in [-0.1, -0.05) is 12.1 Å². The lowest BCUT2D eigenvalue weighted by Crippen LogP contribution is -2.52. The van der Waals surface area contributed by atoms with E-state index in [2.05, 4.69) is 5.32 Å². The zero-order valence-electron chi connectivity index (χ0n) is 14.4. The fourth-order valence-electron chi connectivity index (χ4n) is 2.97. The highest BCUT2D eigenvalue weighted by Crippen LogP contribution is 2.30. The van der Waals surface area contributed by atoms with Crippen LogP contribution in [-0.4, -0.2) is 36.9 Å². The fraction of sp³-hybridized carbons (Fsp3) is 0.263. The van der Waals surface area contributed by atoms with Crippen LogP contribution in [0.25, 0.3) is 0 Å². The van der Waals surface area contributed by atoms with Crippen molar-refractivity contribution in [1.82, 2.24) is 10.2 Å². The predicted molar refractivity (Wildman–Crippen MR) is 91.2 cm³/mol. The number of carbonyl (C=O) groups is 2. The first kappa shape index (κ1) is 18.8. The molecule has 5 nitrogen and oxygen atoms in total. The summed E-state index contributed by atoms with van der Waals surface area (Å²) < 4.78 is 43.2. The molecule has 0 aliphatic carbocycles. The normalized spacial score (nSPS) is 17.4. The maximum absolute atomic E-state index is 12.9. The van der Waals surface area contributed by atoms with Crippen LogP contribution in [0, 0.1) is 0 Å². The molecule has 1 unspecified atom stereocenters. The van der Waals surface area contributed by atoms with Crippen molar-refractivity contribution in [3.8, 4) is 5.75 Å². The summed E-state index contributed by atoms with van der Waals surface area (Å²) in [6, 6.07) is 9.84. The lowest BCUT2D eigenvalue weighted by atomic mass is 10.0. The van der Waals surface area contributed by atoms with Gasteiger partial charge in [0.25, 0.3) is 5.91 Å². The molecule has 0 bridgehead atoms. The van der Waals surface area contributed by atoms with E-state index in [-0.39, 0.29) is 24.6 Å². The molecule has 0 aromatic heterocycles. The van der Waals surface area contributed by atoms with Crippen molar-refractivity contribution in [3.63, 3.8) is 0 Å². The Morgan fingerprint density at radius 1 is 1.11 bits per heavy atom. The van der Waals surface area contributed by atoms with E-state index in [1.165, 1.54) is 12.0 Å². The number of hydrogen-bond donors (Lipinski definition) is 1. The number of benzene rings is 2. The SMILES string of the molecule is COc1ccc(C2C(=O)NCCN2C(=O)c2ccc(C(F)(F)F)cc2)cc1. The lowest BCUT2D eigenvalue weighted by Gasteiger charge is -2.35. The van der Waals surface area contributed by atoms with Crippen LogP contribution in [0.4, 0.5) is 13.2 Å². The van der Waals surface area contributed by atoms with Gasteiger partial charge in [-0.2, -0.15) is 13.2 Å². The quantitative estimate of drug-likeness (QED) is 0.893. The van der Waals surface area contributed by atoms with E-state index < -0.39 is 23.7 Å². The van der Waals surface area contributed by atoms with Gasteiger partial charge in [0.05, 0.1) is 12.7 Å². The second-order valence-corrected chi connectivity index (χ2v) is 6.04. The summed E-state index contributed by atoms with van der Waals surface area (Å²) in [5, 5.41) is 2.71. The van der Waals surface area contributed by atoms with Crippen molar-refractivity contribution < 1.29 is 27.5 Å². The molecule has 1 aliphatic rings. The molecule has 27 heavy (non-hydrogen) atoms. The van der Waals surface area contributed by atoms with Gasteiger partial charge in [0.1, 0.15) is 11.8 Å². The summed E-state index contributed by atoms with van der Waals surface area (Å²) in [5.41, 5.74) is -0.147. The van der Waals surface area contributed by atoms with Crippen LogP contribution in [0.2, 0.25) is 0 Å². The fourth-order valence-corrected chi connectivity index (χ4v) is 2.97. The van der Waals surface area contributed by atoms with Gasteiger partial charge in [0.2, 0.25) is 5.91 Å². The van der Waals surface area contributed by atoms with Gasteiger partial charge < -0.3 is 15.0 Å². The number of piperazine rings is 1. The summed E-state index contributed by atoms with van der Waals surface area (Å²) in [5.74, 6) is -0.235. The Bertz CT molecular complexity index is 833. The van der Waals surface area contributed by atoms with E-state index in [1.807, 2.05) is 0 Å². The highest BCUT2D eigenvalue weighted by atomic mass is 19.4. The third-order valence-corrected chi connectivity index (χ3v) is 4.36. The number of halogens is 3. The molecule has 1 saturated heterocycles. The van der Waals surface area contributed by atoms with Crippen LogP contribution in [0.3, 0.4) is 0 Å². The first-order valence-corrected chi connectivity index (χ1v) is 8.21. The van der Waals surface area contributed by atoms with Gasteiger partial charge >= 0.3 is 6.18 Å². The minimum absolute atomic E-state index is 0.0937. The Hall–Kier alpha value is -3.03. The average Bonchev–Trinajstić information content (AvgIpc) is 2.67. The maximum Gasteiger partial charge on any atom is 0.416 e. The Balaban J connectivity index is 1.89. The monoisotopic (exact) mass is 378 g/mol. The van der Waals surface area contributed by atoms with E-state index >= 15 is 0 Å². The van der Waals surface area contributed by atoms with Gasteiger partial charge in [-0.05, 0) is 42.0 Å². The van der Waals surface area contributed by atoms with Crippen molar-refractivity contribution in [1.29, 1.82) is 0 Å². The molecular formula is C19H17F3N2O3. The molecule has 1 heterocycles. The smallest absolute Gasteiger partial charge is 0.416 e. The summed E-state index contributed by atoms with van der Waals surface area (Å²) in [4.78, 5) is 26.6. The molecule has 2 aromatic carbocycles. The molecule has 142 valence electrons. The van der Waals surface area contributed by atoms with Gasteiger partial charge in [-0.3, -0.25) is 9.59 Å². The molecule has 2 aromatic rings. The number of amides is 2. The Morgan fingerprint density at radius 3 is 2.30 bits per heavy atom. The van der Waals surface area contributed by atoms with Crippen LogP contribution in [-0.2, 0) is 11.0 Å². The highest BCUT2D eigenvalue weighted by Gasteiger charge is 2.35. The molecule has 2 amide bonds. The zero-order valence-corrected chi connectivity index (χ0v) is 14.4. The third kappa shape index (κ3) is 3.89. The predicted octanol–water partition coefficient (Wildman–Crippen LogP) is 3.03. The Labute approximate surface area is 153 Å². The van der Waals surface area contributed by atoms with Gasteiger partial charge in [0.15, 0.2) is 0 Å². The van der Waals surface area contributed by atoms with Crippen molar-refractivity contribution in [2.24, 2.45) is 0 Å². The van der Waals surface area contributed by atoms with E-state index in [0.29, 0.717) is 11.3 Å². The first-order valence-electron chi connectivity index (χ1n) is 8.21. The Kier molecular flexibility index (Phi) is 5.07. The number of methoxy groups -OCH3 is 1. The number of carbonyl (C=O) groups excluding carboxylic acids is 2. The van der Waals surface area contributed by atoms with Crippen LogP contribution in [0.1, 0.15) is 27.5 Å². The summed E-state index contributed by atoms with van der Waals surface area (Å²) >= 11 is 0. The summed E-state index contributed by atoms with van der Waals surface area (Å²) in [6.45, 7) is 0.528. The molecule has 1 fully saturated rings. The zero-order chi connectivity index (χ0) is 19.6. The molecular weight excluding hydrogens is 361 g/mol. The molecule has 0 saturated carbocycles. The minimum Gasteiger partial charge on any atom is -0.497 e. The number of nitrogens with one attached hydrogen (secondary N) is 1. The number of rotatable bonds is 3. The van der Waals surface area contributed by atoms with Gasteiger partial charge in [0, 0.05) is 18.7 Å². The average molecular weight is 378 g/mol. The first-order chi connectivity index (χ1) is 12.8. The van der Waals surface area contributed by atoms with Crippen LogP contribution >= 0.6 is 0 Å². The minimum atomic E-state index is -4.47. The number of alkyl halides is 3. The van der Waals surface area contributed by atoms with Gasteiger partial charge in [-0.25, -0.2) is 0 Å². The topological polar surface area (TPSA) is 58.6 Å². The van der Waals surface area contributed by atoms with Crippen LogP contribution < -0.4 is 10.1 Å². The summed E-state index contributed by atoms with van der Waals surface area (Å²) in [7, 11) is 1.52. The third-order valence-electron chi connectivity index (χ3n) is 4.36. The van der Waals surface area contributed by atoms with Gasteiger partial charge in [-0.15, -0.1) is 0 Å². The Morgan fingerprint density at radius 2 is 1.74 bits per heavy atom. The standard InChI is InChI=1S/C19H17F3N2O3/c1-27-15-8-4-12(5-9-15)16-17(25)23-10-11-24(16)18(26)13-2-6-14(7-3-13)19(20,21)22/h2-9,16H,10-11H2,1H3,(H,23,25). The van der Waals surface area contributed by atoms with Crippen molar-refractivity contribution in [2.75, 3.05) is 20.2 Å². The van der Waals surface area contributed by atoms with Crippen molar-refractivity contribution >= 4 is 11.8 Å². The van der Waals surface area contributed by atoms with E-state index in [4.69, 9.17) is 4.74 Å². The number of hydrogen-bond acceptors (Lipinski definition) is 3. The second-order valence-electron chi connectivity index (χ2n) is 6.04. The number of ether oxygens (including phenoxy) is 1. The lowest BCUT2D eigenvalue weighted by molar-refractivity contribution is -0.137. The molecule has 1 atom stereocenters. The van der Waals surface area contributed by atoms with Crippen molar-refractivity contribution in [2.45, 2.75) is 12.2 Å².